The predicted octanol–water partition coefficient (Wildman–Crippen LogP) is 3.68. The topological polar surface area (TPSA) is 74.4 Å². The van der Waals surface area contributed by atoms with Crippen molar-refractivity contribution in [3.8, 4) is 0 Å². The molecule has 2 amide bonds. The molecule has 1 aliphatic rings. The maximum absolute atomic E-state index is 12.6. The van der Waals surface area contributed by atoms with Crippen molar-refractivity contribution in [3.05, 3.63) is 64.8 Å². The number of ether oxygens (including phenoxy) is 1. The zero-order valence-electron chi connectivity index (χ0n) is 15.4. The van der Waals surface area contributed by atoms with Crippen molar-refractivity contribution in [2.45, 2.75) is 13.0 Å². The molecule has 4 rings (SSSR count). The number of anilines is 1. The number of nitrogens with one attached hydrogen (secondary N) is 2. The number of fused-ring (bicyclic) bond motifs is 1. The van der Waals surface area contributed by atoms with Crippen LogP contribution in [0.5, 0.6) is 0 Å². The van der Waals surface area contributed by atoms with E-state index in [-0.39, 0.29) is 24.5 Å². The van der Waals surface area contributed by atoms with Gasteiger partial charge in [-0.15, -0.1) is 0 Å². The summed E-state index contributed by atoms with van der Waals surface area (Å²) in [5.74, 6) is -0.250. The fraction of sp³-hybridized carbons (Fsp3) is 0.238. The number of benzene rings is 2. The minimum atomic E-state index is -0.195. The Hall–Kier alpha value is -2.83. The molecular weight excluding hydrogens is 378 g/mol. The summed E-state index contributed by atoms with van der Waals surface area (Å²) in [5, 5.41) is 4.67. The normalized spacial score (nSPS) is 15.6. The molecule has 6 nitrogen and oxygen atoms in total. The number of carbonyl (C=O) groups excluding carboxylic acids is 2. The number of nitrogens with zero attached hydrogens (tertiary/aromatic N) is 1. The smallest absolute Gasteiger partial charge is 0.253 e. The Morgan fingerprint density at radius 3 is 2.75 bits per heavy atom. The second kappa shape index (κ2) is 7.66. The van der Waals surface area contributed by atoms with Crippen molar-refractivity contribution in [1.29, 1.82) is 0 Å². The number of aromatic nitrogens is 1. The zero-order chi connectivity index (χ0) is 19.7. The van der Waals surface area contributed by atoms with Crippen LogP contribution in [0.3, 0.4) is 0 Å². The van der Waals surface area contributed by atoms with Gasteiger partial charge in [-0.1, -0.05) is 11.6 Å². The minimum Gasteiger partial charge on any atom is -0.370 e. The Morgan fingerprint density at radius 2 is 2.00 bits per heavy atom. The lowest BCUT2D eigenvalue weighted by atomic mass is 10.1. The zero-order valence-corrected chi connectivity index (χ0v) is 16.1. The van der Waals surface area contributed by atoms with Crippen LogP contribution in [0.4, 0.5) is 5.69 Å². The summed E-state index contributed by atoms with van der Waals surface area (Å²) in [7, 11) is 0. The third-order valence-electron chi connectivity index (χ3n) is 4.84. The second-order valence-electron chi connectivity index (χ2n) is 6.80. The van der Waals surface area contributed by atoms with Gasteiger partial charge in [0.1, 0.15) is 6.61 Å². The van der Waals surface area contributed by atoms with Crippen LogP contribution in [0.25, 0.3) is 10.9 Å². The average molecular weight is 398 g/mol. The fourth-order valence-electron chi connectivity index (χ4n) is 3.30. The van der Waals surface area contributed by atoms with Crippen molar-refractivity contribution in [2.75, 3.05) is 24.7 Å². The quantitative estimate of drug-likeness (QED) is 0.705. The van der Waals surface area contributed by atoms with Crippen LogP contribution in [0.15, 0.2) is 48.5 Å². The van der Waals surface area contributed by atoms with E-state index >= 15 is 0 Å². The maximum Gasteiger partial charge on any atom is 0.253 e. The lowest BCUT2D eigenvalue weighted by Crippen LogP contribution is -2.41. The van der Waals surface area contributed by atoms with Crippen LogP contribution < -0.4 is 10.2 Å². The Bertz CT molecular complexity index is 1030. The molecule has 1 aromatic heterocycles. The van der Waals surface area contributed by atoms with Gasteiger partial charge in [0.15, 0.2) is 0 Å². The van der Waals surface area contributed by atoms with Gasteiger partial charge in [0, 0.05) is 39.4 Å². The third-order valence-corrected chi connectivity index (χ3v) is 5.08. The standard InChI is InChI=1S/C21H20ClN3O3/c1-13(19-11-15-10-16(22)4-7-18(15)24-19)23-21(27)14-2-5-17(6-3-14)25-8-9-28-12-20(25)26/h2-7,10-11,13,24H,8-9,12H2,1H3,(H,23,27). The van der Waals surface area contributed by atoms with E-state index in [1.807, 2.05) is 31.2 Å². The van der Waals surface area contributed by atoms with Gasteiger partial charge in [0.25, 0.3) is 11.8 Å². The lowest BCUT2D eigenvalue weighted by Gasteiger charge is -2.26. The molecule has 0 saturated carbocycles. The van der Waals surface area contributed by atoms with E-state index < -0.39 is 0 Å². The van der Waals surface area contributed by atoms with E-state index in [4.69, 9.17) is 16.3 Å². The van der Waals surface area contributed by atoms with Crippen molar-refractivity contribution in [2.24, 2.45) is 0 Å². The Kier molecular flexibility index (Phi) is 5.07. The molecule has 0 radical (unpaired) electrons. The highest BCUT2D eigenvalue weighted by Crippen LogP contribution is 2.24. The molecule has 1 aliphatic heterocycles. The third kappa shape index (κ3) is 3.74. The van der Waals surface area contributed by atoms with Gasteiger partial charge >= 0.3 is 0 Å². The van der Waals surface area contributed by atoms with E-state index in [1.165, 1.54) is 0 Å². The summed E-state index contributed by atoms with van der Waals surface area (Å²) in [4.78, 5) is 29.5. The maximum atomic E-state index is 12.6. The molecule has 28 heavy (non-hydrogen) atoms. The van der Waals surface area contributed by atoms with Crippen molar-refractivity contribution >= 4 is 40.0 Å². The Balaban J connectivity index is 1.45. The first kappa shape index (κ1) is 18.5. The number of hydrogen-bond acceptors (Lipinski definition) is 3. The van der Waals surface area contributed by atoms with Crippen LogP contribution in [-0.2, 0) is 9.53 Å². The highest BCUT2D eigenvalue weighted by atomic mass is 35.5. The second-order valence-corrected chi connectivity index (χ2v) is 7.23. The average Bonchev–Trinajstić information content (AvgIpc) is 3.12. The number of rotatable bonds is 4. The van der Waals surface area contributed by atoms with Crippen LogP contribution in [0, 0.1) is 0 Å². The van der Waals surface area contributed by atoms with Crippen LogP contribution in [0.1, 0.15) is 29.0 Å². The number of halogens is 1. The van der Waals surface area contributed by atoms with Gasteiger partial charge in [0.2, 0.25) is 0 Å². The van der Waals surface area contributed by atoms with Crippen molar-refractivity contribution in [1.82, 2.24) is 10.3 Å². The first-order valence-electron chi connectivity index (χ1n) is 9.08. The van der Waals surface area contributed by atoms with Gasteiger partial charge < -0.3 is 19.9 Å². The summed E-state index contributed by atoms with van der Waals surface area (Å²) < 4.78 is 5.14. The van der Waals surface area contributed by atoms with Crippen LogP contribution in [0.2, 0.25) is 5.02 Å². The fourth-order valence-corrected chi connectivity index (χ4v) is 3.48. The van der Waals surface area contributed by atoms with E-state index in [2.05, 4.69) is 10.3 Å². The van der Waals surface area contributed by atoms with Gasteiger partial charge in [-0.3, -0.25) is 9.59 Å². The van der Waals surface area contributed by atoms with Gasteiger partial charge in [-0.2, -0.15) is 0 Å². The summed E-state index contributed by atoms with van der Waals surface area (Å²) in [6.07, 6.45) is 0. The van der Waals surface area contributed by atoms with Crippen LogP contribution in [-0.4, -0.2) is 36.6 Å². The highest BCUT2D eigenvalue weighted by Gasteiger charge is 2.20. The van der Waals surface area contributed by atoms with E-state index in [9.17, 15) is 9.59 Å². The number of H-pyrrole nitrogens is 1. The largest absolute Gasteiger partial charge is 0.370 e. The molecule has 1 unspecified atom stereocenters. The molecule has 2 heterocycles. The molecule has 0 spiro atoms. The molecule has 144 valence electrons. The molecule has 0 bridgehead atoms. The van der Waals surface area contributed by atoms with Gasteiger partial charge in [-0.05, 0) is 55.5 Å². The first-order valence-corrected chi connectivity index (χ1v) is 9.46. The number of amides is 2. The first-order chi connectivity index (χ1) is 13.5. The van der Waals surface area contributed by atoms with E-state index in [0.29, 0.717) is 23.7 Å². The van der Waals surface area contributed by atoms with Crippen molar-refractivity contribution in [3.63, 3.8) is 0 Å². The van der Waals surface area contributed by atoms with E-state index in [0.717, 1.165) is 22.3 Å². The lowest BCUT2D eigenvalue weighted by molar-refractivity contribution is -0.125. The van der Waals surface area contributed by atoms with Crippen LogP contribution >= 0.6 is 11.6 Å². The summed E-state index contributed by atoms with van der Waals surface area (Å²) in [6.45, 7) is 3.05. The Labute approximate surface area is 167 Å². The van der Waals surface area contributed by atoms with Gasteiger partial charge in [0.05, 0.1) is 12.6 Å². The van der Waals surface area contributed by atoms with Gasteiger partial charge in [-0.25, -0.2) is 0 Å². The SMILES string of the molecule is CC(NC(=O)c1ccc(N2CCOCC2=O)cc1)c1cc2cc(Cl)ccc2[nH]1. The highest BCUT2D eigenvalue weighted by molar-refractivity contribution is 6.31. The summed E-state index contributed by atoms with van der Waals surface area (Å²) >= 11 is 6.03. The molecule has 0 aliphatic carbocycles. The molecule has 1 fully saturated rings. The molecule has 1 saturated heterocycles. The molecule has 2 N–H and O–H groups in total. The van der Waals surface area contributed by atoms with E-state index in [1.54, 1.807) is 29.2 Å². The minimum absolute atomic E-state index is 0.0732. The number of morpholine rings is 1. The number of hydrogen-bond donors (Lipinski definition) is 2. The summed E-state index contributed by atoms with van der Waals surface area (Å²) in [5.41, 5.74) is 3.18. The monoisotopic (exact) mass is 397 g/mol. The molecule has 3 aromatic rings. The molecular formula is C21H20ClN3O3. The number of aromatic amines is 1. The molecule has 1 atom stereocenters. The summed E-state index contributed by atoms with van der Waals surface area (Å²) in [6, 6.07) is 14.4. The predicted molar refractivity (Wildman–Crippen MR) is 109 cm³/mol. The number of carbonyl (C=O) groups is 2. The molecule has 2 aromatic carbocycles. The molecule has 7 heteroatoms. The van der Waals surface area contributed by atoms with Crippen molar-refractivity contribution < 1.29 is 14.3 Å². The Morgan fingerprint density at radius 1 is 1.21 bits per heavy atom.